The van der Waals surface area contributed by atoms with E-state index in [9.17, 15) is 14.7 Å². The monoisotopic (exact) mass is 325 g/mol. The molecule has 1 unspecified atom stereocenters. The summed E-state index contributed by atoms with van der Waals surface area (Å²) in [6.07, 6.45) is 1.11. The smallest absolute Gasteiger partial charge is 0.339 e. The highest BCUT2D eigenvalue weighted by Crippen LogP contribution is 2.23. The van der Waals surface area contributed by atoms with Gasteiger partial charge in [-0.05, 0) is 39.6 Å². The van der Waals surface area contributed by atoms with Crippen LogP contribution < -0.4 is 5.56 Å². The lowest BCUT2D eigenvalue weighted by Crippen LogP contribution is -2.32. The van der Waals surface area contributed by atoms with Crippen LogP contribution in [-0.2, 0) is 0 Å². The van der Waals surface area contributed by atoms with E-state index in [0.717, 1.165) is 10.9 Å². The Kier molecular flexibility index (Phi) is 3.85. The molecule has 24 heavy (non-hydrogen) atoms. The number of carbonyl (C=O) groups is 1. The van der Waals surface area contributed by atoms with E-state index in [-0.39, 0.29) is 22.8 Å². The van der Waals surface area contributed by atoms with E-state index in [4.69, 9.17) is 0 Å². The van der Waals surface area contributed by atoms with Gasteiger partial charge in [0.25, 0.3) is 5.56 Å². The SMILES string of the molecule is Cc1cccc2cc3c(=O)n(C(C)N(C)C)cc(C(=O)O)c3nc12. The number of aromatic carboxylic acids is 1. The molecule has 0 aliphatic heterocycles. The summed E-state index contributed by atoms with van der Waals surface area (Å²) in [6.45, 7) is 3.76. The van der Waals surface area contributed by atoms with Crippen molar-refractivity contribution in [2.45, 2.75) is 20.0 Å². The Hall–Kier alpha value is -2.73. The van der Waals surface area contributed by atoms with Gasteiger partial charge in [0.05, 0.1) is 22.6 Å². The highest BCUT2D eigenvalue weighted by atomic mass is 16.4. The van der Waals surface area contributed by atoms with E-state index >= 15 is 0 Å². The lowest BCUT2D eigenvalue weighted by atomic mass is 10.1. The number of rotatable bonds is 3. The van der Waals surface area contributed by atoms with Gasteiger partial charge in [-0.3, -0.25) is 14.3 Å². The fourth-order valence-electron chi connectivity index (χ4n) is 2.80. The van der Waals surface area contributed by atoms with Crippen LogP contribution in [-0.4, -0.2) is 39.6 Å². The maximum atomic E-state index is 12.9. The number of hydrogen-bond donors (Lipinski definition) is 1. The molecule has 2 heterocycles. The van der Waals surface area contributed by atoms with Crippen LogP contribution in [0.1, 0.15) is 29.0 Å². The largest absolute Gasteiger partial charge is 0.478 e. The van der Waals surface area contributed by atoms with Crippen molar-refractivity contribution >= 4 is 27.8 Å². The van der Waals surface area contributed by atoms with Crippen LogP contribution in [0.25, 0.3) is 21.8 Å². The summed E-state index contributed by atoms with van der Waals surface area (Å²) >= 11 is 0. The second-order valence-electron chi connectivity index (χ2n) is 6.19. The van der Waals surface area contributed by atoms with Crippen LogP contribution in [0.4, 0.5) is 0 Å². The Labute approximate surface area is 139 Å². The Morgan fingerprint density at radius 1 is 1.29 bits per heavy atom. The van der Waals surface area contributed by atoms with Gasteiger partial charge in [-0.2, -0.15) is 0 Å². The third-order valence-corrected chi connectivity index (χ3v) is 4.42. The highest BCUT2D eigenvalue weighted by molar-refractivity contribution is 6.04. The minimum Gasteiger partial charge on any atom is -0.478 e. The van der Waals surface area contributed by atoms with Crippen molar-refractivity contribution in [3.05, 3.63) is 51.9 Å². The number of hydrogen-bond acceptors (Lipinski definition) is 4. The molecule has 0 spiro atoms. The molecule has 1 aromatic carbocycles. The number of aromatic nitrogens is 2. The van der Waals surface area contributed by atoms with Crippen molar-refractivity contribution in [1.29, 1.82) is 0 Å². The third-order valence-electron chi connectivity index (χ3n) is 4.42. The normalized spacial score (nSPS) is 12.9. The zero-order chi connectivity index (χ0) is 17.6. The van der Waals surface area contributed by atoms with E-state index in [1.54, 1.807) is 6.07 Å². The predicted molar refractivity (Wildman–Crippen MR) is 93.6 cm³/mol. The van der Waals surface area contributed by atoms with Crippen molar-refractivity contribution < 1.29 is 9.90 Å². The molecule has 1 atom stereocenters. The first-order chi connectivity index (χ1) is 11.3. The van der Waals surface area contributed by atoms with Gasteiger partial charge < -0.3 is 5.11 Å². The van der Waals surface area contributed by atoms with Crippen LogP contribution in [0.15, 0.2) is 35.3 Å². The van der Waals surface area contributed by atoms with Gasteiger partial charge in [0, 0.05) is 11.6 Å². The number of pyridine rings is 2. The standard InChI is InChI=1S/C18H19N3O3/c1-10-6-5-7-12-8-13-16(19-15(10)12)14(18(23)24)9-21(17(13)22)11(2)20(3)4/h5-9,11H,1-4H3,(H,23,24). The first kappa shape index (κ1) is 16.1. The molecule has 0 amide bonds. The van der Waals surface area contributed by atoms with E-state index < -0.39 is 5.97 Å². The second kappa shape index (κ2) is 5.72. The molecule has 0 aliphatic rings. The molecule has 0 aliphatic carbocycles. The molecule has 3 aromatic rings. The average molecular weight is 325 g/mol. The van der Waals surface area contributed by atoms with Crippen molar-refractivity contribution in [3.63, 3.8) is 0 Å². The van der Waals surface area contributed by atoms with Crippen LogP contribution >= 0.6 is 0 Å². The summed E-state index contributed by atoms with van der Waals surface area (Å²) in [7, 11) is 3.67. The van der Waals surface area contributed by atoms with Crippen molar-refractivity contribution in [1.82, 2.24) is 14.5 Å². The maximum Gasteiger partial charge on any atom is 0.339 e. The van der Waals surface area contributed by atoms with E-state index in [2.05, 4.69) is 4.98 Å². The van der Waals surface area contributed by atoms with Crippen LogP contribution in [0.3, 0.4) is 0 Å². The average Bonchev–Trinajstić information content (AvgIpc) is 2.53. The summed E-state index contributed by atoms with van der Waals surface area (Å²) in [5.74, 6) is -1.10. The fraction of sp³-hybridized carbons (Fsp3) is 0.278. The zero-order valence-corrected chi connectivity index (χ0v) is 14.1. The number of benzene rings is 1. The van der Waals surface area contributed by atoms with Gasteiger partial charge in [0.1, 0.15) is 5.56 Å². The number of para-hydroxylation sites is 1. The number of carboxylic acids is 1. The molecule has 0 saturated carbocycles. The number of nitrogens with zero attached hydrogens (tertiary/aromatic N) is 3. The van der Waals surface area contributed by atoms with E-state index in [1.165, 1.54) is 10.8 Å². The van der Waals surface area contributed by atoms with Gasteiger partial charge in [-0.15, -0.1) is 0 Å². The number of fused-ring (bicyclic) bond motifs is 2. The van der Waals surface area contributed by atoms with Crippen molar-refractivity contribution in [3.8, 4) is 0 Å². The Morgan fingerprint density at radius 2 is 2.00 bits per heavy atom. The molecule has 0 fully saturated rings. The van der Waals surface area contributed by atoms with Gasteiger partial charge in [-0.25, -0.2) is 9.78 Å². The molecule has 0 bridgehead atoms. The van der Waals surface area contributed by atoms with Crippen LogP contribution in [0.5, 0.6) is 0 Å². The highest BCUT2D eigenvalue weighted by Gasteiger charge is 2.19. The molecule has 2 aromatic heterocycles. The first-order valence-electron chi connectivity index (χ1n) is 7.66. The second-order valence-corrected chi connectivity index (χ2v) is 6.19. The lowest BCUT2D eigenvalue weighted by Gasteiger charge is -2.23. The topological polar surface area (TPSA) is 75.4 Å². The Morgan fingerprint density at radius 3 is 2.62 bits per heavy atom. The molecule has 1 N–H and O–H groups in total. The molecule has 124 valence electrons. The van der Waals surface area contributed by atoms with E-state index in [1.807, 2.05) is 51.0 Å². The van der Waals surface area contributed by atoms with Gasteiger partial charge in [0.15, 0.2) is 0 Å². The Bertz CT molecular complexity index is 1020. The number of carboxylic acid groups (broad SMARTS) is 1. The van der Waals surface area contributed by atoms with Gasteiger partial charge in [-0.1, -0.05) is 18.2 Å². The Balaban J connectivity index is 2.49. The van der Waals surface area contributed by atoms with Gasteiger partial charge >= 0.3 is 5.97 Å². The summed E-state index contributed by atoms with van der Waals surface area (Å²) in [6, 6.07) is 7.42. The minimum absolute atomic E-state index is 0.0310. The molecule has 3 rings (SSSR count). The fourth-order valence-corrected chi connectivity index (χ4v) is 2.80. The van der Waals surface area contributed by atoms with Crippen molar-refractivity contribution in [2.24, 2.45) is 0 Å². The maximum absolute atomic E-state index is 12.9. The van der Waals surface area contributed by atoms with Crippen LogP contribution in [0, 0.1) is 6.92 Å². The third kappa shape index (κ3) is 2.45. The zero-order valence-electron chi connectivity index (χ0n) is 14.1. The summed E-state index contributed by atoms with van der Waals surface area (Å²) in [5.41, 5.74) is 1.67. The molecule has 6 heteroatoms. The molecule has 6 nitrogen and oxygen atoms in total. The van der Waals surface area contributed by atoms with E-state index in [0.29, 0.717) is 10.9 Å². The first-order valence-corrected chi connectivity index (χ1v) is 7.66. The molecule has 0 radical (unpaired) electrons. The molecule has 0 saturated heterocycles. The quantitative estimate of drug-likeness (QED) is 0.749. The molecular formula is C18H19N3O3. The number of aryl methyl sites for hydroxylation is 1. The van der Waals surface area contributed by atoms with Crippen LogP contribution in [0.2, 0.25) is 0 Å². The predicted octanol–water partition coefficient (Wildman–Crippen LogP) is 2.64. The minimum atomic E-state index is -1.10. The summed E-state index contributed by atoms with van der Waals surface area (Å²) in [5, 5.41) is 10.7. The molecular weight excluding hydrogens is 306 g/mol. The summed E-state index contributed by atoms with van der Waals surface area (Å²) < 4.78 is 1.44. The lowest BCUT2D eigenvalue weighted by molar-refractivity contribution is 0.0697. The van der Waals surface area contributed by atoms with Gasteiger partial charge in [0.2, 0.25) is 0 Å². The summed E-state index contributed by atoms with van der Waals surface area (Å²) in [4.78, 5) is 30.9. The van der Waals surface area contributed by atoms with Crippen molar-refractivity contribution in [2.75, 3.05) is 14.1 Å².